The van der Waals surface area contributed by atoms with Crippen LogP contribution in [0.1, 0.15) is 37.1 Å². The minimum Gasteiger partial charge on any atom is -0.294 e. The molecule has 1 aliphatic rings. The first-order chi connectivity index (χ1) is 10.3. The minimum absolute atomic E-state index is 0.195. The molecule has 0 radical (unpaired) electrons. The Bertz CT molecular complexity index is 634. The molecular formula is C18H19NOS. The van der Waals surface area contributed by atoms with Crippen molar-refractivity contribution in [3.05, 3.63) is 52.4 Å². The number of rotatable bonds is 4. The smallest absolute Gasteiger partial charge is 0.162 e. The van der Waals surface area contributed by atoms with E-state index in [4.69, 9.17) is 0 Å². The Morgan fingerprint density at radius 2 is 1.90 bits per heavy atom. The van der Waals surface area contributed by atoms with E-state index in [9.17, 15) is 4.79 Å². The number of carbonyl (C=O) groups excluding carboxylic acids is 1. The maximum atomic E-state index is 12.1. The van der Waals surface area contributed by atoms with E-state index >= 15 is 0 Å². The highest BCUT2D eigenvalue weighted by Crippen LogP contribution is 2.24. The molecule has 1 fully saturated rings. The summed E-state index contributed by atoms with van der Waals surface area (Å²) in [5.41, 5.74) is 3.40. The van der Waals surface area contributed by atoms with Gasteiger partial charge in [0, 0.05) is 10.9 Å². The summed E-state index contributed by atoms with van der Waals surface area (Å²) in [5.74, 6) is 0.195. The van der Waals surface area contributed by atoms with Gasteiger partial charge in [-0.2, -0.15) is 0 Å². The van der Waals surface area contributed by atoms with Crippen molar-refractivity contribution in [1.29, 1.82) is 0 Å². The number of carbonyl (C=O) groups is 1. The van der Waals surface area contributed by atoms with Crippen LogP contribution in [-0.2, 0) is 11.2 Å². The zero-order chi connectivity index (χ0) is 14.5. The van der Waals surface area contributed by atoms with E-state index in [1.807, 2.05) is 41.8 Å². The summed E-state index contributed by atoms with van der Waals surface area (Å²) in [7, 11) is 0. The molecule has 2 nitrogen and oxygen atoms in total. The fourth-order valence-corrected chi connectivity index (χ4v) is 3.52. The Balaban J connectivity index is 1.66. The molecule has 108 valence electrons. The molecule has 0 spiro atoms. The molecule has 2 aromatic rings. The van der Waals surface area contributed by atoms with Crippen LogP contribution in [-0.4, -0.2) is 10.8 Å². The molecule has 0 unspecified atom stereocenters. The van der Waals surface area contributed by atoms with Crippen molar-refractivity contribution in [2.45, 2.75) is 38.5 Å². The lowest BCUT2D eigenvalue weighted by molar-refractivity contribution is -0.114. The van der Waals surface area contributed by atoms with E-state index in [-0.39, 0.29) is 5.78 Å². The van der Waals surface area contributed by atoms with Crippen LogP contribution >= 0.6 is 11.3 Å². The molecule has 0 amide bonds. The number of hydrogen-bond acceptors (Lipinski definition) is 3. The topological polar surface area (TPSA) is 30.0 Å². The minimum atomic E-state index is 0.195. The second-order valence-electron chi connectivity index (χ2n) is 5.50. The molecule has 3 rings (SSSR count). The SMILES string of the molecule is O=C(C=C1CCCCC1)Cc1nc(-c2ccccc2)cs1. The van der Waals surface area contributed by atoms with E-state index in [0.717, 1.165) is 29.1 Å². The van der Waals surface area contributed by atoms with Crippen molar-refractivity contribution in [3.63, 3.8) is 0 Å². The Morgan fingerprint density at radius 3 is 2.67 bits per heavy atom. The highest BCUT2D eigenvalue weighted by molar-refractivity contribution is 7.10. The van der Waals surface area contributed by atoms with Gasteiger partial charge in [-0.1, -0.05) is 42.3 Å². The van der Waals surface area contributed by atoms with E-state index in [2.05, 4.69) is 4.98 Å². The molecule has 0 bridgehead atoms. The van der Waals surface area contributed by atoms with Crippen molar-refractivity contribution in [2.75, 3.05) is 0 Å². The summed E-state index contributed by atoms with van der Waals surface area (Å²) in [5, 5.41) is 2.94. The molecule has 0 atom stereocenters. The summed E-state index contributed by atoms with van der Waals surface area (Å²) in [4.78, 5) is 16.7. The van der Waals surface area contributed by atoms with Crippen LogP contribution in [0.4, 0.5) is 0 Å². The Labute approximate surface area is 129 Å². The summed E-state index contributed by atoms with van der Waals surface area (Å²) >= 11 is 1.57. The van der Waals surface area contributed by atoms with Gasteiger partial charge >= 0.3 is 0 Å². The predicted molar refractivity (Wildman–Crippen MR) is 87.4 cm³/mol. The first kappa shape index (κ1) is 14.2. The highest BCUT2D eigenvalue weighted by atomic mass is 32.1. The van der Waals surface area contributed by atoms with E-state index in [1.54, 1.807) is 11.3 Å². The van der Waals surface area contributed by atoms with E-state index in [0.29, 0.717) is 6.42 Å². The lowest BCUT2D eigenvalue weighted by Gasteiger charge is -2.12. The largest absolute Gasteiger partial charge is 0.294 e. The van der Waals surface area contributed by atoms with Gasteiger partial charge < -0.3 is 0 Å². The number of aromatic nitrogens is 1. The number of hydrogen-bond donors (Lipinski definition) is 0. The first-order valence-electron chi connectivity index (χ1n) is 7.53. The van der Waals surface area contributed by atoms with Crippen LogP contribution in [0.5, 0.6) is 0 Å². The summed E-state index contributed by atoms with van der Waals surface area (Å²) in [6.07, 6.45) is 8.25. The first-order valence-corrected chi connectivity index (χ1v) is 8.41. The average Bonchev–Trinajstić information content (AvgIpc) is 2.97. The lowest BCUT2D eigenvalue weighted by atomic mass is 9.94. The van der Waals surface area contributed by atoms with Gasteiger partial charge in [0.25, 0.3) is 0 Å². The molecule has 1 aromatic carbocycles. The van der Waals surface area contributed by atoms with E-state index in [1.165, 1.54) is 24.8 Å². The summed E-state index contributed by atoms with van der Waals surface area (Å²) in [6, 6.07) is 10.1. The van der Waals surface area contributed by atoms with Crippen molar-refractivity contribution >= 4 is 17.1 Å². The standard InChI is InChI=1S/C18H19NOS/c20-16(11-14-7-3-1-4-8-14)12-18-19-17(13-21-18)15-9-5-2-6-10-15/h2,5-6,9-11,13H,1,3-4,7-8,12H2. The fourth-order valence-electron chi connectivity index (χ4n) is 2.71. The number of thiazole rings is 1. The molecule has 3 heteroatoms. The second kappa shape index (κ2) is 6.81. The highest BCUT2D eigenvalue weighted by Gasteiger charge is 2.10. The van der Waals surface area contributed by atoms with Gasteiger partial charge in [0.1, 0.15) is 5.01 Å². The van der Waals surface area contributed by atoms with Crippen LogP contribution in [0, 0.1) is 0 Å². The van der Waals surface area contributed by atoms with Crippen LogP contribution in [0.2, 0.25) is 0 Å². The summed E-state index contributed by atoms with van der Waals surface area (Å²) < 4.78 is 0. The molecular weight excluding hydrogens is 278 g/mol. The normalized spacial score (nSPS) is 15.0. The van der Waals surface area contributed by atoms with Gasteiger partial charge in [0.2, 0.25) is 0 Å². The van der Waals surface area contributed by atoms with Crippen LogP contribution in [0.25, 0.3) is 11.3 Å². The molecule has 1 aromatic heterocycles. The van der Waals surface area contributed by atoms with Crippen LogP contribution in [0.3, 0.4) is 0 Å². The Kier molecular flexibility index (Phi) is 4.61. The van der Waals surface area contributed by atoms with Gasteiger partial charge in [-0.05, 0) is 31.8 Å². The Morgan fingerprint density at radius 1 is 1.14 bits per heavy atom. The van der Waals surface area contributed by atoms with Gasteiger partial charge in [-0.25, -0.2) is 4.98 Å². The molecule has 21 heavy (non-hydrogen) atoms. The summed E-state index contributed by atoms with van der Waals surface area (Å²) in [6.45, 7) is 0. The zero-order valence-electron chi connectivity index (χ0n) is 12.0. The molecule has 0 N–H and O–H groups in total. The maximum absolute atomic E-state index is 12.1. The third-order valence-electron chi connectivity index (χ3n) is 3.81. The average molecular weight is 297 g/mol. The van der Waals surface area contributed by atoms with E-state index < -0.39 is 0 Å². The van der Waals surface area contributed by atoms with Crippen molar-refractivity contribution in [2.24, 2.45) is 0 Å². The molecule has 1 heterocycles. The third kappa shape index (κ3) is 3.88. The predicted octanol–water partition coefficient (Wildman–Crippen LogP) is 4.81. The fraction of sp³-hybridized carbons (Fsp3) is 0.333. The van der Waals surface area contributed by atoms with Crippen molar-refractivity contribution in [3.8, 4) is 11.3 Å². The van der Waals surface area contributed by atoms with Crippen molar-refractivity contribution < 1.29 is 4.79 Å². The van der Waals surface area contributed by atoms with Gasteiger partial charge in [0.15, 0.2) is 5.78 Å². The number of benzene rings is 1. The van der Waals surface area contributed by atoms with Crippen molar-refractivity contribution in [1.82, 2.24) is 4.98 Å². The Hall–Kier alpha value is -1.74. The van der Waals surface area contributed by atoms with Gasteiger partial charge in [-0.15, -0.1) is 11.3 Å². The molecule has 0 aliphatic heterocycles. The maximum Gasteiger partial charge on any atom is 0.162 e. The van der Waals surface area contributed by atoms with Crippen LogP contribution in [0.15, 0.2) is 47.4 Å². The molecule has 0 saturated heterocycles. The van der Waals surface area contributed by atoms with Crippen LogP contribution < -0.4 is 0 Å². The molecule has 1 aliphatic carbocycles. The monoisotopic (exact) mass is 297 g/mol. The lowest BCUT2D eigenvalue weighted by Crippen LogP contribution is -2.02. The second-order valence-corrected chi connectivity index (χ2v) is 6.44. The number of ketones is 1. The number of nitrogens with zero attached hydrogens (tertiary/aromatic N) is 1. The third-order valence-corrected chi connectivity index (χ3v) is 4.66. The molecule has 1 saturated carbocycles. The number of allylic oxidation sites excluding steroid dienone is 2. The zero-order valence-corrected chi connectivity index (χ0v) is 12.9. The van der Waals surface area contributed by atoms with Gasteiger partial charge in [0.05, 0.1) is 12.1 Å². The quantitative estimate of drug-likeness (QED) is 0.758. The van der Waals surface area contributed by atoms with Gasteiger partial charge in [-0.3, -0.25) is 4.79 Å².